The minimum absolute atomic E-state index is 0.338. The standard InChI is InChI=1S/C22H22FN5O2S/c1-4-31-22-26-21-24-13(2)18(20(29)25-16-10-5-6-11-17(16)30-3)19(28(21)27-22)14-8-7-9-15(23)12-14/h5-12,19H,4H2,1-3H3,(H,25,29)(H,24,26,27)/t19-/m1/s1. The van der Waals surface area contributed by atoms with Crippen LogP contribution < -0.4 is 15.4 Å². The van der Waals surface area contributed by atoms with Crippen LogP contribution in [0.25, 0.3) is 0 Å². The second-order valence-electron chi connectivity index (χ2n) is 6.87. The molecule has 1 atom stereocenters. The lowest BCUT2D eigenvalue weighted by molar-refractivity contribution is -0.113. The number of para-hydroxylation sites is 2. The molecule has 2 N–H and O–H groups in total. The molecule has 2 heterocycles. The minimum atomic E-state index is -0.639. The maximum Gasteiger partial charge on any atom is 0.255 e. The number of hydrogen-bond acceptors (Lipinski definition) is 6. The fourth-order valence-electron chi connectivity index (χ4n) is 3.54. The molecule has 0 spiro atoms. The van der Waals surface area contributed by atoms with E-state index in [9.17, 15) is 9.18 Å². The fourth-order valence-corrected chi connectivity index (χ4v) is 4.09. The summed E-state index contributed by atoms with van der Waals surface area (Å²) in [6, 6.07) is 12.7. The average molecular weight is 440 g/mol. The first-order valence-corrected chi connectivity index (χ1v) is 10.8. The zero-order valence-corrected chi connectivity index (χ0v) is 18.2. The number of nitrogens with zero attached hydrogens (tertiary/aromatic N) is 3. The number of fused-ring (bicyclic) bond motifs is 1. The molecule has 0 radical (unpaired) electrons. The first kappa shape index (κ1) is 20.9. The van der Waals surface area contributed by atoms with E-state index < -0.39 is 6.04 Å². The van der Waals surface area contributed by atoms with Crippen molar-refractivity contribution in [3.05, 3.63) is 71.2 Å². The van der Waals surface area contributed by atoms with E-state index in [0.717, 1.165) is 5.75 Å². The van der Waals surface area contributed by atoms with Crippen LogP contribution >= 0.6 is 11.8 Å². The highest BCUT2D eigenvalue weighted by Gasteiger charge is 2.34. The van der Waals surface area contributed by atoms with E-state index in [1.165, 1.54) is 23.9 Å². The largest absolute Gasteiger partial charge is 0.495 e. The second kappa shape index (κ2) is 8.81. The Morgan fingerprint density at radius 3 is 2.84 bits per heavy atom. The lowest BCUT2D eigenvalue weighted by atomic mass is 9.95. The highest BCUT2D eigenvalue weighted by Crippen LogP contribution is 2.37. The number of carbonyl (C=O) groups is 1. The Morgan fingerprint density at radius 2 is 2.10 bits per heavy atom. The average Bonchev–Trinajstić information content (AvgIpc) is 3.15. The zero-order chi connectivity index (χ0) is 22.0. The van der Waals surface area contributed by atoms with Gasteiger partial charge in [0.15, 0.2) is 0 Å². The third-order valence-corrected chi connectivity index (χ3v) is 5.59. The Kier molecular flexibility index (Phi) is 5.94. The maximum atomic E-state index is 14.1. The maximum absolute atomic E-state index is 14.1. The van der Waals surface area contributed by atoms with Gasteiger partial charge in [-0.2, -0.15) is 4.98 Å². The van der Waals surface area contributed by atoms with Crippen LogP contribution in [-0.4, -0.2) is 33.5 Å². The summed E-state index contributed by atoms with van der Waals surface area (Å²) in [5.74, 6) is 1.14. The predicted octanol–water partition coefficient (Wildman–Crippen LogP) is 4.47. The molecule has 0 saturated carbocycles. The molecular formula is C22H22FN5O2S. The topological polar surface area (TPSA) is 81.1 Å². The van der Waals surface area contributed by atoms with Crippen LogP contribution in [0, 0.1) is 5.82 Å². The van der Waals surface area contributed by atoms with Gasteiger partial charge < -0.3 is 15.4 Å². The van der Waals surface area contributed by atoms with E-state index in [1.54, 1.807) is 43.0 Å². The van der Waals surface area contributed by atoms with Gasteiger partial charge in [0.05, 0.1) is 18.4 Å². The van der Waals surface area contributed by atoms with Crippen LogP contribution in [0.4, 0.5) is 16.0 Å². The van der Waals surface area contributed by atoms with Gasteiger partial charge in [0.2, 0.25) is 11.1 Å². The number of methoxy groups -OCH3 is 1. The molecule has 0 fully saturated rings. The number of aromatic nitrogens is 3. The van der Waals surface area contributed by atoms with Crippen molar-refractivity contribution in [2.45, 2.75) is 25.0 Å². The van der Waals surface area contributed by atoms with Crippen LogP contribution in [0.3, 0.4) is 0 Å². The van der Waals surface area contributed by atoms with Crippen molar-refractivity contribution in [1.82, 2.24) is 14.8 Å². The molecule has 1 aliphatic rings. The molecule has 1 aromatic heterocycles. The van der Waals surface area contributed by atoms with E-state index in [1.807, 2.05) is 19.1 Å². The van der Waals surface area contributed by atoms with Crippen molar-refractivity contribution in [1.29, 1.82) is 0 Å². The van der Waals surface area contributed by atoms with Crippen molar-refractivity contribution in [2.75, 3.05) is 23.5 Å². The van der Waals surface area contributed by atoms with Crippen molar-refractivity contribution >= 4 is 29.3 Å². The number of rotatable bonds is 6. The molecule has 0 bridgehead atoms. The number of hydrogen-bond donors (Lipinski definition) is 2. The lowest BCUT2D eigenvalue weighted by Crippen LogP contribution is -2.31. The summed E-state index contributed by atoms with van der Waals surface area (Å²) >= 11 is 1.49. The summed E-state index contributed by atoms with van der Waals surface area (Å²) in [5.41, 5.74) is 2.18. The van der Waals surface area contributed by atoms with Gasteiger partial charge in [-0.3, -0.25) is 4.79 Å². The molecule has 3 aromatic rings. The number of benzene rings is 2. The van der Waals surface area contributed by atoms with Crippen LogP contribution in [-0.2, 0) is 4.79 Å². The number of anilines is 2. The summed E-state index contributed by atoms with van der Waals surface area (Å²) in [5, 5.41) is 11.3. The Labute approximate surface area is 183 Å². The molecule has 4 rings (SSSR count). The van der Waals surface area contributed by atoms with E-state index in [2.05, 4.69) is 20.7 Å². The van der Waals surface area contributed by atoms with Gasteiger partial charge in [0.1, 0.15) is 17.6 Å². The normalized spacial score (nSPS) is 15.3. The lowest BCUT2D eigenvalue weighted by Gasteiger charge is -2.28. The Hall–Kier alpha value is -3.33. The highest BCUT2D eigenvalue weighted by molar-refractivity contribution is 7.99. The van der Waals surface area contributed by atoms with Gasteiger partial charge in [-0.25, -0.2) is 9.07 Å². The molecule has 2 aromatic carbocycles. The van der Waals surface area contributed by atoms with Crippen molar-refractivity contribution in [2.24, 2.45) is 0 Å². The first-order chi connectivity index (χ1) is 15.0. The number of ether oxygens (including phenoxy) is 1. The van der Waals surface area contributed by atoms with Gasteiger partial charge >= 0.3 is 0 Å². The fraction of sp³-hybridized carbons (Fsp3) is 0.227. The number of halogens is 1. The summed E-state index contributed by atoms with van der Waals surface area (Å²) in [6.45, 7) is 3.81. The molecule has 7 nitrogen and oxygen atoms in total. The number of thioether (sulfide) groups is 1. The number of carbonyl (C=O) groups excluding carboxylic acids is 1. The smallest absolute Gasteiger partial charge is 0.255 e. The molecule has 0 unspecified atom stereocenters. The molecule has 31 heavy (non-hydrogen) atoms. The van der Waals surface area contributed by atoms with Gasteiger partial charge in [-0.15, -0.1) is 5.10 Å². The number of amides is 1. The zero-order valence-electron chi connectivity index (χ0n) is 17.3. The summed E-state index contributed by atoms with van der Waals surface area (Å²) in [7, 11) is 1.54. The van der Waals surface area contributed by atoms with Crippen molar-refractivity contribution in [3.8, 4) is 5.75 Å². The molecule has 0 saturated heterocycles. The van der Waals surface area contributed by atoms with E-state index in [4.69, 9.17) is 4.74 Å². The summed E-state index contributed by atoms with van der Waals surface area (Å²) < 4.78 is 21.1. The van der Waals surface area contributed by atoms with E-state index in [0.29, 0.717) is 39.4 Å². The first-order valence-electron chi connectivity index (χ1n) is 9.78. The Morgan fingerprint density at radius 1 is 1.29 bits per heavy atom. The van der Waals surface area contributed by atoms with Gasteiger partial charge in [0, 0.05) is 5.70 Å². The third kappa shape index (κ3) is 4.13. The molecule has 0 aliphatic carbocycles. The summed E-state index contributed by atoms with van der Waals surface area (Å²) in [6.07, 6.45) is 0. The van der Waals surface area contributed by atoms with Gasteiger partial charge in [-0.05, 0) is 42.5 Å². The molecule has 1 amide bonds. The molecule has 9 heteroatoms. The van der Waals surface area contributed by atoms with Crippen molar-refractivity contribution in [3.63, 3.8) is 0 Å². The Bertz CT molecular complexity index is 1160. The molecule has 160 valence electrons. The highest BCUT2D eigenvalue weighted by atomic mass is 32.2. The van der Waals surface area contributed by atoms with Crippen LogP contribution in [0.5, 0.6) is 5.75 Å². The molecular weight excluding hydrogens is 417 g/mol. The second-order valence-corrected chi connectivity index (χ2v) is 8.10. The van der Waals surface area contributed by atoms with Crippen LogP contribution in [0.15, 0.2) is 65.0 Å². The van der Waals surface area contributed by atoms with Crippen molar-refractivity contribution < 1.29 is 13.9 Å². The molecule has 1 aliphatic heterocycles. The third-order valence-electron chi connectivity index (χ3n) is 4.87. The van der Waals surface area contributed by atoms with E-state index >= 15 is 0 Å². The SMILES string of the molecule is CCSc1nc2n(n1)[C@H](c1cccc(F)c1)C(C(=O)Nc1ccccc1OC)=C(C)N2. The summed E-state index contributed by atoms with van der Waals surface area (Å²) in [4.78, 5) is 18.0. The van der Waals surface area contributed by atoms with E-state index in [-0.39, 0.29) is 11.7 Å². The number of allylic oxidation sites excluding steroid dienone is 1. The van der Waals surface area contributed by atoms with Gasteiger partial charge in [0.25, 0.3) is 5.91 Å². The van der Waals surface area contributed by atoms with Crippen LogP contribution in [0.1, 0.15) is 25.5 Å². The predicted molar refractivity (Wildman–Crippen MR) is 119 cm³/mol. The number of nitrogens with one attached hydrogen (secondary N) is 2. The van der Waals surface area contributed by atoms with Crippen LogP contribution in [0.2, 0.25) is 0 Å². The van der Waals surface area contributed by atoms with Gasteiger partial charge in [-0.1, -0.05) is 43.0 Å². The minimum Gasteiger partial charge on any atom is -0.495 e. The monoisotopic (exact) mass is 439 g/mol. The quantitative estimate of drug-likeness (QED) is 0.552. The Balaban J connectivity index is 1.79.